The van der Waals surface area contributed by atoms with E-state index in [-0.39, 0.29) is 5.91 Å². The molecule has 0 unspecified atom stereocenters. The fraction of sp³-hybridized carbons (Fsp3) is 0.588. The highest BCUT2D eigenvalue weighted by Gasteiger charge is 2.17. The summed E-state index contributed by atoms with van der Waals surface area (Å²) in [4.78, 5) is 14.4. The molecule has 2 rings (SSSR count). The van der Waals surface area contributed by atoms with Crippen molar-refractivity contribution in [2.24, 2.45) is 5.92 Å². The van der Waals surface area contributed by atoms with E-state index >= 15 is 0 Å². The van der Waals surface area contributed by atoms with E-state index in [9.17, 15) is 4.79 Å². The van der Waals surface area contributed by atoms with Gasteiger partial charge in [0.2, 0.25) is 5.91 Å². The summed E-state index contributed by atoms with van der Waals surface area (Å²) < 4.78 is 16.0. The lowest BCUT2D eigenvalue weighted by Gasteiger charge is -2.19. The third kappa shape index (κ3) is 5.41. The SMILES string of the molecule is COc1ccc(CC(=O)NC[C@@H]2COCCN(C)C2)cc1OC. The maximum atomic E-state index is 12.1. The van der Waals surface area contributed by atoms with Crippen LogP contribution in [-0.4, -0.2) is 64.9 Å². The molecule has 23 heavy (non-hydrogen) atoms. The first-order valence-corrected chi connectivity index (χ1v) is 7.86. The Hall–Kier alpha value is -1.79. The monoisotopic (exact) mass is 322 g/mol. The van der Waals surface area contributed by atoms with Crippen LogP contribution in [0.25, 0.3) is 0 Å². The van der Waals surface area contributed by atoms with E-state index in [1.807, 2.05) is 18.2 Å². The number of nitrogens with one attached hydrogen (secondary N) is 1. The molecule has 128 valence electrons. The molecule has 6 nitrogen and oxygen atoms in total. The maximum absolute atomic E-state index is 12.1. The molecule has 1 fully saturated rings. The summed E-state index contributed by atoms with van der Waals surface area (Å²) in [5.41, 5.74) is 0.898. The van der Waals surface area contributed by atoms with Crippen molar-refractivity contribution in [2.45, 2.75) is 6.42 Å². The molecule has 1 aromatic rings. The lowest BCUT2D eigenvalue weighted by atomic mass is 10.1. The summed E-state index contributed by atoms with van der Waals surface area (Å²) in [6.07, 6.45) is 0.323. The molecule has 1 aromatic carbocycles. The molecular formula is C17H26N2O4. The summed E-state index contributed by atoms with van der Waals surface area (Å²) in [5, 5.41) is 3.00. The van der Waals surface area contributed by atoms with Crippen LogP contribution >= 0.6 is 0 Å². The molecule has 0 aromatic heterocycles. The van der Waals surface area contributed by atoms with Crippen LogP contribution in [0.2, 0.25) is 0 Å². The van der Waals surface area contributed by atoms with Gasteiger partial charge >= 0.3 is 0 Å². The second-order valence-corrected chi connectivity index (χ2v) is 5.87. The molecule has 0 radical (unpaired) electrons. The minimum Gasteiger partial charge on any atom is -0.493 e. The molecule has 1 aliphatic rings. The number of amides is 1. The summed E-state index contributed by atoms with van der Waals surface area (Å²) in [7, 11) is 5.26. The van der Waals surface area contributed by atoms with E-state index in [1.165, 1.54) is 0 Å². The quantitative estimate of drug-likeness (QED) is 0.845. The second-order valence-electron chi connectivity index (χ2n) is 5.87. The minimum atomic E-state index is 0.00381. The number of carbonyl (C=O) groups excluding carboxylic acids is 1. The van der Waals surface area contributed by atoms with E-state index < -0.39 is 0 Å². The molecule has 6 heteroatoms. The van der Waals surface area contributed by atoms with Gasteiger partial charge in [0.25, 0.3) is 0 Å². The lowest BCUT2D eigenvalue weighted by molar-refractivity contribution is -0.120. The first-order valence-electron chi connectivity index (χ1n) is 7.86. The average Bonchev–Trinajstić information content (AvgIpc) is 2.77. The normalized spacial score (nSPS) is 19.0. The Morgan fingerprint density at radius 1 is 1.35 bits per heavy atom. The molecule has 1 aliphatic heterocycles. The Morgan fingerprint density at radius 2 is 2.13 bits per heavy atom. The first-order chi connectivity index (χ1) is 11.1. The zero-order valence-corrected chi connectivity index (χ0v) is 14.1. The Morgan fingerprint density at radius 3 is 2.87 bits per heavy atom. The number of hydrogen-bond acceptors (Lipinski definition) is 5. The van der Waals surface area contributed by atoms with Gasteiger partial charge in [-0.15, -0.1) is 0 Å². The smallest absolute Gasteiger partial charge is 0.224 e. The molecule has 0 saturated carbocycles. The highest BCUT2D eigenvalue weighted by molar-refractivity contribution is 5.78. The maximum Gasteiger partial charge on any atom is 0.224 e. The van der Waals surface area contributed by atoms with Crippen molar-refractivity contribution >= 4 is 5.91 Å². The minimum absolute atomic E-state index is 0.00381. The van der Waals surface area contributed by atoms with E-state index in [2.05, 4.69) is 17.3 Å². The summed E-state index contributed by atoms with van der Waals surface area (Å²) in [6, 6.07) is 5.53. The molecule has 1 amide bonds. The van der Waals surface area contributed by atoms with Crippen molar-refractivity contribution in [2.75, 3.05) is 54.1 Å². The predicted molar refractivity (Wildman–Crippen MR) is 88.1 cm³/mol. The Kier molecular flexibility index (Phi) is 6.67. The van der Waals surface area contributed by atoms with Crippen LogP contribution < -0.4 is 14.8 Å². The molecular weight excluding hydrogens is 296 g/mol. The molecule has 1 atom stereocenters. The van der Waals surface area contributed by atoms with Crippen LogP contribution in [-0.2, 0) is 16.0 Å². The summed E-state index contributed by atoms with van der Waals surface area (Å²) in [6.45, 7) is 3.97. The number of ether oxygens (including phenoxy) is 3. The van der Waals surface area contributed by atoms with Crippen molar-refractivity contribution in [1.82, 2.24) is 10.2 Å². The van der Waals surface area contributed by atoms with Gasteiger partial charge in [-0.3, -0.25) is 4.79 Å². The van der Waals surface area contributed by atoms with E-state index in [0.29, 0.717) is 37.0 Å². The van der Waals surface area contributed by atoms with Crippen molar-refractivity contribution in [3.05, 3.63) is 23.8 Å². The van der Waals surface area contributed by atoms with Gasteiger partial charge in [-0.05, 0) is 24.7 Å². The van der Waals surface area contributed by atoms with Gasteiger partial charge in [-0.25, -0.2) is 0 Å². The fourth-order valence-electron chi connectivity index (χ4n) is 2.68. The van der Waals surface area contributed by atoms with Crippen molar-refractivity contribution < 1.29 is 19.0 Å². The van der Waals surface area contributed by atoms with Gasteiger partial charge in [0.15, 0.2) is 11.5 Å². The molecule has 0 spiro atoms. The van der Waals surface area contributed by atoms with Crippen LogP contribution in [0, 0.1) is 5.92 Å². The molecule has 1 N–H and O–H groups in total. The van der Waals surface area contributed by atoms with Crippen LogP contribution in [0.3, 0.4) is 0 Å². The predicted octanol–water partition coefficient (Wildman–Crippen LogP) is 0.941. The van der Waals surface area contributed by atoms with Gasteiger partial charge in [-0.1, -0.05) is 6.07 Å². The van der Waals surface area contributed by atoms with Crippen LogP contribution in [0.15, 0.2) is 18.2 Å². The highest BCUT2D eigenvalue weighted by Crippen LogP contribution is 2.27. The number of benzene rings is 1. The van der Waals surface area contributed by atoms with Crippen LogP contribution in [0.4, 0.5) is 0 Å². The van der Waals surface area contributed by atoms with Crippen LogP contribution in [0.1, 0.15) is 5.56 Å². The largest absolute Gasteiger partial charge is 0.493 e. The van der Waals surface area contributed by atoms with E-state index in [1.54, 1.807) is 14.2 Å². The van der Waals surface area contributed by atoms with Crippen LogP contribution in [0.5, 0.6) is 11.5 Å². The van der Waals surface area contributed by atoms with Gasteiger partial charge in [0, 0.05) is 25.6 Å². The number of likely N-dealkylation sites (N-methyl/N-ethyl adjacent to an activating group) is 1. The number of rotatable bonds is 6. The Bertz CT molecular complexity index is 521. The number of hydrogen-bond donors (Lipinski definition) is 1. The fourth-order valence-corrected chi connectivity index (χ4v) is 2.68. The third-order valence-electron chi connectivity index (χ3n) is 3.94. The summed E-state index contributed by atoms with van der Waals surface area (Å²) >= 11 is 0. The van der Waals surface area contributed by atoms with Gasteiger partial charge in [-0.2, -0.15) is 0 Å². The zero-order valence-electron chi connectivity index (χ0n) is 14.1. The number of methoxy groups -OCH3 is 2. The highest BCUT2D eigenvalue weighted by atomic mass is 16.5. The van der Waals surface area contributed by atoms with E-state index in [4.69, 9.17) is 14.2 Å². The average molecular weight is 322 g/mol. The zero-order chi connectivity index (χ0) is 16.7. The first kappa shape index (κ1) is 17.6. The molecule has 0 bridgehead atoms. The van der Waals surface area contributed by atoms with Crippen molar-refractivity contribution in [3.8, 4) is 11.5 Å². The Labute approximate surface area is 137 Å². The lowest BCUT2D eigenvalue weighted by Crippen LogP contribution is -2.36. The number of carbonyl (C=O) groups is 1. The van der Waals surface area contributed by atoms with Crippen molar-refractivity contribution in [1.29, 1.82) is 0 Å². The topological polar surface area (TPSA) is 60.0 Å². The molecule has 1 heterocycles. The Balaban J connectivity index is 1.84. The van der Waals surface area contributed by atoms with Gasteiger partial charge in [0.1, 0.15) is 0 Å². The second kappa shape index (κ2) is 8.74. The summed E-state index contributed by atoms with van der Waals surface area (Å²) in [5.74, 6) is 1.63. The number of nitrogens with zero attached hydrogens (tertiary/aromatic N) is 1. The van der Waals surface area contributed by atoms with Gasteiger partial charge in [0.05, 0.1) is 33.9 Å². The van der Waals surface area contributed by atoms with Crippen molar-refractivity contribution in [3.63, 3.8) is 0 Å². The third-order valence-corrected chi connectivity index (χ3v) is 3.94. The van der Waals surface area contributed by atoms with Gasteiger partial charge < -0.3 is 24.4 Å². The van der Waals surface area contributed by atoms with E-state index in [0.717, 1.165) is 25.3 Å². The molecule has 0 aliphatic carbocycles. The standard InChI is InChI=1S/C17H26N2O4/c1-19-6-7-23-12-14(11-19)10-18-17(20)9-13-4-5-15(21-2)16(8-13)22-3/h4-5,8,14H,6-7,9-12H2,1-3H3,(H,18,20)/t14-/m0/s1. The molecule has 1 saturated heterocycles.